The minimum atomic E-state index is -0.0402. The Hall–Kier alpha value is -3.18. The van der Waals surface area contributed by atoms with Crippen LogP contribution in [-0.2, 0) is 0 Å². The maximum Gasteiger partial charge on any atom is 0.251 e. The van der Waals surface area contributed by atoms with Crippen LogP contribution in [0, 0.1) is 6.92 Å². The van der Waals surface area contributed by atoms with Gasteiger partial charge in [0.05, 0.1) is 5.69 Å². The summed E-state index contributed by atoms with van der Waals surface area (Å²) in [6.07, 6.45) is 2.97. The predicted molar refractivity (Wildman–Crippen MR) is 136 cm³/mol. The lowest BCUT2D eigenvalue weighted by Gasteiger charge is -2.19. The number of allylic oxidation sites excluding steroid dienone is 1. The molecule has 1 heterocycles. The average molecular weight is 444 g/mol. The summed E-state index contributed by atoms with van der Waals surface area (Å²) in [7, 11) is 2.07. The molecule has 0 fully saturated rings. The van der Waals surface area contributed by atoms with Crippen LogP contribution in [0.15, 0.2) is 82.6 Å². The van der Waals surface area contributed by atoms with Crippen LogP contribution in [0.1, 0.15) is 34.8 Å². The highest BCUT2D eigenvalue weighted by Crippen LogP contribution is 2.42. The Morgan fingerprint density at radius 1 is 1.06 bits per heavy atom. The molecule has 0 aromatic heterocycles. The highest BCUT2D eigenvalue weighted by atomic mass is 32.2. The zero-order valence-corrected chi connectivity index (χ0v) is 19.6. The van der Waals surface area contributed by atoms with E-state index in [2.05, 4.69) is 65.9 Å². The molecular weight excluding hydrogens is 414 g/mol. The number of nitrogens with one attached hydrogen (secondary N) is 2. The SMILES string of the molecule is CC=C1Nc2cc(C(=O)NCCCN(C)c3ccccc3)ccc2Sc2ccc(C)cc21. The van der Waals surface area contributed by atoms with Crippen LogP contribution in [-0.4, -0.2) is 26.0 Å². The van der Waals surface area contributed by atoms with Crippen molar-refractivity contribution >= 4 is 34.7 Å². The molecule has 32 heavy (non-hydrogen) atoms. The minimum Gasteiger partial charge on any atom is -0.375 e. The van der Waals surface area contributed by atoms with E-state index in [0.29, 0.717) is 12.1 Å². The number of aryl methyl sites for hydroxylation is 1. The zero-order chi connectivity index (χ0) is 22.5. The first kappa shape index (κ1) is 22.0. The molecule has 2 N–H and O–H groups in total. The number of benzene rings is 3. The Bertz CT molecular complexity index is 1140. The van der Waals surface area contributed by atoms with Gasteiger partial charge >= 0.3 is 0 Å². The van der Waals surface area contributed by atoms with E-state index in [4.69, 9.17) is 0 Å². The molecule has 0 atom stereocenters. The summed E-state index contributed by atoms with van der Waals surface area (Å²) in [5.41, 5.74) is 6.32. The number of hydrogen-bond acceptors (Lipinski definition) is 4. The van der Waals surface area contributed by atoms with Crippen molar-refractivity contribution in [1.82, 2.24) is 5.32 Å². The number of carbonyl (C=O) groups excluding carboxylic acids is 1. The monoisotopic (exact) mass is 443 g/mol. The predicted octanol–water partition coefficient (Wildman–Crippen LogP) is 6.19. The van der Waals surface area contributed by atoms with Gasteiger partial charge in [-0.2, -0.15) is 0 Å². The second kappa shape index (κ2) is 9.96. The third kappa shape index (κ3) is 5.00. The van der Waals surface area contributed by atoms with Crippen LogP contribution in [0.25, 0.3) is 5.70 Å². The first-order valence-corrected chi connectivity index (χ1v) is 11.8. The number of carbonyl (C=O) groups is 1. The van der Waals surface area contributed by atoms with Gasteiger partial charge in [-0.3, -0.25) is 4.79 Å². The summed E-state index contributed by atoms with van der Waals surface area (Å²) in [5.74, 6) is -0.0402. The molecule has 0 unspecified atom stereocenters. The van der Waals surface area contributed by atoms with E-state index < -0.39 is 0 Å². The van der Waals surface area contributed by atoms with E-state index in [1.807, 2.05) is 43.3 Å². The molecule has 4 rings (SSSR count). The first-order chi connectivity index (χ1) is 15.5. The Labute approximate surface area is 194 Å². The van der Waals surface area contributed by atoms with Crippen molar-refractivity contribution < 1.29 is 4.79 Å². The molecular formula is C27H29N3OS. The maximum absolute atomic E-state index is 12.8. The van der Waals surface area contributed by atoms with Crippen molar-refractivity contribution in [3.05, 3.63) is 89.5 Å². The van der Waals surface area contributed by atoms with Gasteiger partial charge in [-0.05, 0) is 62.7 Å². The van der Waals surface area contributed by atoms with Gasteiger partial charge in [-0.15, -0.1) is 0 Å². The normalized spacial score (nSPS) is 13.5. The van der Waals surface area contributed by atoms with Crippen LogP contribution in [0.4, 0.5) is 11.4 Å². The van der Waals surface area contributed by atoms with Crippen molar-refractivity contribution in [2.45, 2.75) is 30.1 Å². The van der Waals surface area contributed by atoms with Gasteiger partial charge < -0.3 is 15.5 Å². The molecule has 3 aromatic rings. The van der Waals surface area contributed by atoms with Crippen molar-refractivity contribution in [1.29, 1.82) is 0 Å². The molecule has 1 aliphatic heterocycles. The van der Waals surface area contributed by atoms with E-state index in [1.54, 1.807) is 11.8 Å². The molecule has 0 aliphatic carbocycles. The fourth-order valence-electron chi connectivity index (χ4n) is 3.79. The van der Waals surface area contributed by atoms with Crippen LogP contribution < -0.4 is 15.5 Å². The lowest BCUT2D eigenvalue weighted by atomic mass is 10.1. The number of para-hydroxylation sites is 1. The van der Waals surface area contributed by atoms with Crippen LogP contribution in [0.3, 0.4) is 0 Å². The molecule has 164 valence electrons. The van der Waals surface area contributed by atoms with Crippen LogP contribution >= 0.6 is 11.8 Å². The lowest BCUT2D eigenvalue weighted by molar-refractivity contribution is 0.0953. The molecule has 0 radical (unpaired) electrons. The van der Waals surface area contributed by atoms with Crippen LogP contribution in [0.2, 0.25) is 0 Å². The average Bonchev–Trinajstić information content (AvgIpc) is 2.97. The quantitative estimate of drug-likeness (QED) is 0.446. The summed E-state index contributed by atoms with van der Waals surface area (Å²) < 4.78 is 0. The number of nitrogens with zero attached hydrogens (tertiary/aromatic N) is 1. The molecule has 0 saturated carbocycles. The summed E-state index contributed by atoms with van der Waals surface area (Å²) >= 11 is 1.73. The van der Waals surface area contributed by atoms with Crippen molar-refractivity contribution in [3.63, 3.8) is 0 Å². The molecule has 1 amide bonds. The second-order valence-electron chi connectivity index (χ2n) is 8.01. The smallest absolute Gasteiger partial charge is 0.251 e. The van der Waals surface area contributed by atoms with E-state index in [-0.39, 0.29) is 5.91 Å². The van der Waals surface area contributed by atoms with Gasteiger partial charge in [0.2, 0.25) is 0 Å². The van der Waals surface area contributed by atoms with E-state index in [1.165, 1.54) is 21.7 Å². The molecule has 0 spiro atoms. The Morgan fingerprint density at radius 2 is 1.84 bits per heavy atom. The Balaban J connectivity index is 1.40. The summed E-state index contributed by atoms with van der Waals surface area (Å²) in [6.45, 7) is 5.67. The Kier molecular flexibility index (Phi) is 6.86. The fraction of sp³-hybridized carbons (Fsp3) is 0.222. The highest BCUT2D eigenvalue weighted by molar-refractivity contribution is 7.99. The molecule has 4 nitrogen and oxygen atoms in total. The number of anilines is 2. The molecule has 0 bridgehead atoms. The summed E-state index contributed by atoms with van der Waals surface area (Å²) in [5, 5.41) is 6.61. The third-order valence-electron chi connectivity index (χ3n) is 5.60. The number of amides is 1. The van der Waals surface area contributed by atoms with E-state index >= 15 is 0 Å². The minimum absolute atomic E-state index is 0.0402. The number of hydrogen-bond donors (Lipinski definition) is 2. The van der Waals surface area contributed by atoms with Crippen molar-refractivity contribution in [2.24, 2.45) is 0 Å². The van der Waals surface area contributed by atoms with Gasteiger partial charge in [0.25, 0.3) is 5.91 Å². The van der Waals surface area contributed by atoms with Gasteiger partial charge in [-0.1, -0.05) is 47.7 Å². The largest absolute Gasteiger partial charge is 0.375 e. The molecule has 0 saturated heterocycles. The molecule has 3 aromatic carbocycles. The van der Waals surface area contributed by atoms with Gasteiger partial charge in [-0.25, -0.2) is 0 Å². The van der Waals surface area contributed by atoms with E-state index in [0.717, 1.165) is 29.2 Å². The topological polar surface area (TPSA) is 44.4 Å². The first-order valence-electron chi connectivity index (χ1n) is 11.0. The summed E-state index contributed by atoms with van der Waals surface area (Å²) in [4.78, 5) is 17.3. The van der Waals surface area contributed by atoms with Crippen LogP contribution in [0.5, 0.6) is 0 Å². The van der Waals surface area contributed by atoms with Gasteiger partial charge in [0.15, 0.2) is 0 Å². The lowest BCUT2D eigenvalue weighted by Crippen LogP contribution is -2.28. The molecule has 1 aliphatic rings. The standard InChI is InChI=1S/C27H29N3OS/c1-4-23-22-17-19(2)11-13-25(22)32-26-14-12-20(18-24(26)29-23)27(31)28-15-8-16-30(3)21-9-6-5-7-10-21/h4-7,9-14,17-18,29H,8,15-16H2,1-3H3,(H,28,31). The highest BCUT2D eigenvalue weighted by Gasteiger charge is 2.18. The van der Waals surface area contributed by atoms with Gasteiger partial charge in [0, 0.05) is 52.4 Å². The van der Waals surface area contributed by atoms with Crippen molar-refractivity contribution in [3.8, 4) is 0 Å². The Morgan fingerprint density at radius 3 is 2.62 bits per heavy atom. The fourth-order valence-corrected chi connectivity index (χ4v) is 4.80. The van der Waals surface area contributed by atoms with E-state index in [9.17, 15) is 4.79 Å². The second-order valence-corrected chi connectivity index (χ2v) is 9.09. The van der Waals surface area contributed by atoms with Crippen molar-refractivity contribution in [2.75, 3.05) is 30.4 Å². The third-order valence-corrected chi connectivity index (χ3v) is 6.75. The maximum atomic E-state index is 12.8. The number of fused-ring (bicyclic) bond motifs is 2. The summed E-state index contributed by atoms with van der Waals surface area (Å²) in [6, 6.07) is 22.7. The zero-order valence-electron chi connectivity index (χ0n) is 18.8. The van der Waals surface area contributed by atoms with Gasteiger partial charge in [0.1, 0.15) is 0 Å². The number of rotatable bonds is 6. The molecule has 5 heteroatoms.